The summed E-state index contributed by atoms with van der Waals surface area (Å²) in [4.78, 5) is 0. The van der Waals surface area contributed by atoms with Gasteiger partial charge < -0.3 is 24.1 Å². The molecule has 0 aromatic rings. The fourth-order valence-corrected chi connectivity index (χ4v) is 2.22. The van der Waals surface area contributed by atoms with Gasteiger partial charge in [-0.05, 0) is 12.3 Å². The fraction of sp³-hybridized carbons (Fsp3) is 1.00. The number of rotatable bonds is 19. The monoisotopic (exact) mass is 334 g/mol. The average Bonchev–Trinajstić information content (AvgIpc) is 2.56. The van der Waals surface area contributed by atoms with E-state index in [0.29, 0.717) is 46.2 Å². The third-order valence-electron chi connectivity index (χ3n) is 3.64. The van der Waals surface area contributed by atoms with Crippen molar-refractivity contribution in [1.82, 2.24) is 0 Å². The molecule has 0 rings (SSSR count). The van der Waals surface area contributed by atoms with E-state index < -0.39 is 0 Å². The third kappa shape index (κ3) is 19.8. The second kappa shape index (κ2) is 19.8. The van der Waals surface area contributed by atoms with Crippen LogP contribution in [0, 0.1) is 5.92 Å². The Morgan fingerprint density at radius 1 is 0.652 bits per heavy atom. The fourth-order valence-electron chi connectivity index (χ4n) is 2.22. The largest absolute Gasteiger partial charge is 0.394 e. The second-order valence-electron chi connectivity index (χ2n) is 5.92. The van der Waals surface area contributed by atoms with Crippen molar-refractivity contribution in [2.75, 3.05) is 59.5 Å². The van der Waals surface area contributed by atoms with Gasteiger partial charge in [0.25, 0.3) is 0 Å². The lowest BCUT2D eigenvalue weighted by atomic mass is 9.98. The Morgan fingerprint density at radius 3 is 1.65 bits per heavy atom. The van der Waals surface area contributed by atoms with Gasteiger partial charge in [0.2, 0.25) is 0 Å². The molecule has 0 aliphatic carbocycles. The summed E-state index contributed by atoms with van der Waals surface area (Å²) < 4.78 is 21.4. The summed E-state index contributed by atoms with van der Waals surface area (Å²) in [7, 11) is 0. The van der Waals surface area contributed by atoms with Crippen LogP contribution >= 0.6 is 0 Å². The Kier molecular flexibility index (Phi) is 19.7. The quantitative estimate of drug-likeness (QED) is 0.368. The number of aliphatic hydroxyl groups is 1. The van der Waals surface area contributed by atoms with E-state index in [1.54, 1.807) is 0 Å². The molecule has 0 saturated carbocycles. The summed E-state index contributed by atoms with van der Waals surface area (Å²) in [5.41, 5.74) is 0. The highest BCUT2D eigenvalue weighted by Gasteiger charge is 2.01. The van der Waals surface area contributed by atoms with Crippen LogP contribution in [0.15, 0.2) is 0 Å². The molecule has 23 heavy (non-hydrogen) atoms. The van der Waals surface area contributed by atoms with E-state index in [0.717, 1.165) is 18.9 Å². The van der Waals surface area contributed by atoms with Crippen LogP contribution in [-0.2, 0) is 18.9 Å². The first-order valence-electron chi connectivity index (χ1n) is 9.23. The molecule has 1 N–H and O–H groups in total. The molecule has 0 spiro atoms. The Labute approximate surface area is 142 Å². The molecule has 1 unspecified atom stereocenters. The average molecular weight is 334 g/mol. The summed E-state index contributed by atoms with van der Waals surface area (Å²) in [5, 5.41) is 8.52. The van der Waals surface area contributed by atoms with Gasteiger partial charge >= 0.3 is 0 Å². The molecule has 0 saturated heterocycles. The molecule has 1 atom stereocenters. The van der Waals surface area contributed by atoms with Crippen LogP contribution < -0.4 is 0 Å². The molecule has 0 fully saturated rings. The van der Waals surface area contributed by atoms with Crippen molar-refractivity contribution in [3.05, 3.63) is 0 Å². The van der Waals surface area contributed by atoms with E-state index in [4.69, 9.17) is 24.1 Å². The number of unbranched alkanes of at least 4 members (excludes halogenated alkanes) is 2. The summed E-state index contributed by atoms with van der Waals surface area (Å²) >= 11 is 0. The van der Waals surface area contributed by atoms with Gasteiger partial charge in [0.05, 0.1) is 52.9 Å². The molecule has 5 heteroatoms. The van der Waals surface area contributed by atoms with Crippen LogP contribution in [0.25, 0.3) is 0 Å². The van der Waals surface area contributed by atoms with Crippen molar-refractivity contribution < 1.29 is 24.1 Å². The van der Waals surface area contributed by atoms with Crippen LogP contribution in [0.3, 0.4) is 0 Å². The lowest BCUT2D eigenvalue weighted by Crippen LogP contribution is -2.12. The van der Waals surface area contributed by atoms with Crippen molar-refractivity contribution in [1.29, 1.82) is 0 Å². The molecule has 0 aliphatic rings. The predicted octanol–water partition coefficient (Wildman–Crippen LogP) is 3.04. The second-order valence-corrected chi connectivity index (χ2v) is 5.92. The van der Waals surface area contributed by atoms with Crippen molar-refractivity contribution in [3.8, 4) is 0 Å². The van der Waals surface area contributed by atoms with Crippen molar-refractivity contribution in [3.63, 3.8) is 0 Å². The van der Waals surface area contributed by atoms with Gasteiger partial charge in [0, 0.05) is 6.61 Å². The third-order valence-corrected chi connectivity index (χ3v) is 3.64. The number of hydrogen-bond acceptors (Lipinski definition) is 5. The molecule has 0 bridgehead atoms. The van der Waals surface area contributed by atoms with Crippen LogP contribution in [0.1, 0.15) is 52.4 Å². The van der Waals surface area contributed by atoms with Crippen molar-refractivity contribution >= 4 is 0 Å². The Bertz CT molecular complexity index is 214. The highest BCUT2D eigenvalue weighted by molar-refractivity contribution is 4.53. The first-order chi connectivity index (χ1) is 11.3. The number of hydrogen-bond donors (Lipinski definition) is 1. The minimum absolute atomic E-state index is 0.0565. The van der Waals surface area contributed by atoms with E-state index in [9.17, 15) is 0 Å². The van der Waals surface area contributed by atoms with Crippen LogP contribution in [0.4, 0.5) is 0 Å². The van der Waals surface area contributed by atoms with Crippen LogP contribution in [-0.4, -0.2) is 64.6 Å². The normalized spacial score (nSPS) is 12.7. The Hall–Kier alpha value is -0.200. The van der Waals surface area contributed by atoms with E-state index in [2.05, 4.69) is 13.8 Å². The lowest BCUT2D eigenvalue weighted by molar-refractivity contribution is -0.00581. The van der Waals surface area contributed by atoms with Crippen LogP contribution in [0.5, 0.6) is 0 Å². The van der Waals surface area contributed by atoms with E-state index >= 15 is 0 Å². The minimum Gasteiger partial charge on any atom is -0.394 e. The van der Waals surface area contributed by atoms with E-state index in [1.165, 1.54) is 32.1 Å². The maximum atomic E-state index is 8.52. The molecule has 0 heterocycles. The molecule has 5 nitrogen and oxygen atoms in total. The van der Waals surface area contributed by atoms with E-state index in [1.807, 2.05) is 0 Å². The first kappa shape index (κ1) is 22.8. The summed E-state index contributed by atoms with van der Waals surface area (Å²) in [6, 6.07) is 0. The minimum atomic E-state index is 0.0565. The zero-order valence-electron chi connectivity index (χ0n) is 15.3. The molecular weight excluding hydrogens is 296 g/mol. The van der Waals surface area contributed by atoms with Crippen molar-refractivity contribution in [2.24, 2.45) is 5.92 Å². The molecule has 0 aliphatic heterocycles. The van der Waals surface area contributed by atoms with Gasteiger partial charge in [0.15, 0.2) is 0 Å². The zero-order chi connectivity index (χ0) is 17.0. The van der Waals surface area contributed by atoms with Gasteiger partial charge in [-0.1, -0.05) is 46.0 Å². The van der Waals surface area contributed by atoms with Gasteiger partial charge in [-0.15, -0.1) is 0 Å². The molecular formula is C18H38O5. The van der Waals surface area contributed by atoms with Gasteiger partial charge in [-0.2, -0.15) is 0 Å². The molecule has 140 valence electrons. The van der Waals surface area contributed by atoms with Gasteiger partial charge in [0.1, 0.15) is 0 Å². The molecule has 0 amide bonds. The first-order valence-corrected chi connectivity index (χ1v) is 9.23. The Morgan fingerprint density at radius 2 is 1.13 bits per heavy atom. The molecule has 0 aromatic heterocycles. The zero-order valence-corrected chi connectivity index (χ0v) is 15.3. The maximum Gasteiger partial charge on any atom is 0.0701 e. The summed E-state index contributed by atoms with van der Waals surface area (Å²) in [6.07, 6.45) is 7.75. The lowest BCUT2D eigenvalue weighted by Gasteiger charge is -2.10. The maximum absolute atomic E-state index is 8.52. The van der Waals surface area contributed by atoms with Gasteiger partial charge in [-0.3, -0.25) is 0 Å². The highest BCUT2D eigenvalue weighted by Crippen LogP contribution is 2.14. The number of aliphatic hydroxyl groups excluding tert-OH is 1. The highest BCUT2D eigenvalue weighted by atomic mass is 16.6. The smallest absolute Gasteiger partial charge is 0.0701 e. The molecule has 0 radical (unpaired) electrons. The Balaban J connectivity index is 3.02. The van der Waals surface area contributed by atoms with E-state index in [-0.39, 0.29) is 6.61 Å². The standard InChI is InChI=1S/C18H38O5/c1-3-4-7-18(2)8-5-6-10-20-12-14-22-16-17-23-15-13-21-11-9-19/h18-19H,3-17H2,1-2H3. The number of ether oxygens (including phenoxy) is 4. The molecule has 0 aromatic carbocycles. The SMILES string of the molecule is CCCCC(C)CCCCOCCOCCOCCOCCO. The predicted molar refractivity (Wildman–Crippen MR) is 92.9 cm³/mol. The van der Waals surface area contributed by atoms with Crippen LogP contribution in [0.2, 0.25) is 0 Å². The van der Waals surface area contributed by atoms with Gasteiger partial charge in [-0.25, -0.2) is 0 Å². The topological polar surface area (TPSA) is 57.2 Å². The van der Waals surface area contributed by atoms with Crippen molar-refractivity contribution in [2.45, 2.75) is 52.4 Å². The summed E-state index contributed by atoms with van der Waals surface area (Å²) in [5.74, 6) is 0.854. The summed E-state index contributed by atoms with van der Waals surface area (Å²) in [6.45, 7) is 9.35.